The number of amides is 1. The van der Waals surface area contributed by atoms with E-state index in [0.717, 1.165) is 42.0 Å². The highest BCUT2D eigenvalue weighted by molar-refractivity contribution is 8.18. The molecule has 7 heteroatoms. The molecule has 0 unspecified atom stereocenters. The standard InChI is InChI=1S/C31H30N4O2S/c1-37-28-20-25(34-16-7-8-17-34)14-13-22(28)19-29-30(36)35(31(38-29)33-24-9-3-2-4-10-24)18-15-23-21-32-27-12-6-5-11-26(23)27/h2-6,9-14,19-21,32H,7-8,15-18H2,1H3/b29-19-,33-31?. The Kier molecular flexibility index (Phi) is 6.92. The number of hydrogen-bond acceptors (Lipinski definition) is 5. The smallest absolute Gasteiger partial charge is 0.266 e. The topological polar surface area (TPSA) is 60.9 Å². The maximum Gasteiger partial charge on any atom is 0.266 e. The summed E-state index contributed by atoms with van der Waals surface area (Å²) in [5, 5.41) is 1.88. The Balaban J connectivity index is 1.30. The summed E-state index contributed by atoms with van der Waals surface area (Å²) >= 11 is 1.42. The van der Waals surface area contributed by atoms with Gasteiger partial charge >= 0.3 is 0 Å². The van der Waals surface area contributed by atoms with Crippen molar-refractivity contribution in [1.82, 2.24) is 9.88 Å². The van der Waals surface area contributed by atoms with Crippen molar-refractivity contribution in [2.24, 2.45) is 4.99 Å². The molecule has 192 valence electrons. The average molecular weight is 523 g/mol. The quantitative estimate of drug-likeness (QED) is 0.277. The molecule has 6 nitrogen and oxygen atoms in total. The van der Waals surface area contributed by atoms with Crippen molar-refractivity contribution < 1.29 is 9.53 Å². The van der Waals surface area contributed by atoms with Gasteiger partial charge in [0.05, 0.1) is 17.7 Å². The van der Waals surface area contributed by atoms with E-state index in [2.05, 4.69) is 40.2 Å². The molecule has 2 saturated heterocycles. The molecule has 3 heterocycles. The molecule has 38 heavy (non-hydrogen) atoms. The van der Waals surface area contributed by atoms with E-state index in [-0.39, 0.29) is 5.91 Å². The fourth-order valence-electron chi connectivity index (χ4n) is 5.10. The molecule has 1 aromatic heterocycles. The Morgan fingerprint density at radius 2 is 1.82 bits per heavy atom. The van der Waals surface area contributed by atoms with E-state index in [1.54, 1.807) is 12.0 Å². The molecule has 6 rings (SSSR count). The van der Waals surface area contributed by atoms with Gasteiger partial charge in [0.2, 0.25) is 0 Å². The van der Waals surface area contributed by atoms with Crippen molar-refractivity contribution in [2.45, 2.75) is 19.3 Å². The Morgan fingerprint density at radius 3 is 2.63 bits per heavy atom. The zero-order chi connectivity index (χ0) is 25.9. The third-order valence-electron chi connectivity index (χ3n) is 7.12. The molecule has 0 saturated carbocycles. The second-order valence-corrected chi connectivity index (χ2v) is 10.5. The van der Waals surface area contributed by atoms with Crippen LogP contribution in [0.3, 0.4) is 0 Å². The minimum absolute atomic E-state index is 0.0322. The van der Waals surface area contributed by atoms with Gasteiger partial charge in [0.15, 0.2) is 5.17 Å². The number of hydrogen-bond donors (Lipinski definition) is 1. The lowest BCUT2D eigenvalue weighted by atomic mass is 10.1. The first-order valence-electron chi connectivity index (χ1n) is 13.0. The molecule has 4 aromatic rings. The molecule has 1 amide bonds. The first kappa shape index (κ1) is 24.4. The third-order valence-corrected chi connectivity index (χ3v) is 8.13. The van der Waals surface area contributed by atoms with Gasteiger partial charge < -0.3 is 14.6 Å². The van der Waals surface area contributed by atoms with Crippen molar-refractivity contribution in [1.29, 1.82) is 0 Å². The van der Waals surface area contributed by atoms with Crippen LogP contribution in [0, 0.1) is 0 Å². The number of carbonyl (C=O) groups is 1. The highest BCUT2D eigenvalue weighted by Crippen LogP contribution is 2.37. The number of nitrogens with zero attached hydrogens (tertiary/aromatic N) is 3. The van der Waals surface area contributed by atoms with E-state index < -0.39 is 0 Å². The number of benzene rings is 3. The number of methoxy groups -OCH3 is 1. The second kappa shape index (κ2) is 10.8. The summed E-state index contributed by atoms with van der Waals surface area (Å²) in [6, 6.07) is 24.3. The summed E-state index contributed by atoms with van der Waals surface area (Å²) < 4.78 is 5.74. The molecular formula is C31H30N4O2S. The van der Waals surface area contributed by atoms with E-state index in [0.29, 0.717) is 16.6 Å². The second-order valence-electron chi connectivity index (χ2n) is 9.53. The van der Waals surface area contributed by atoms with Crippen LogP contribution < -0.4 is 9.64 Å². The van der Waals surface area contributed by atoms with Gasteiger partial charge in [-0.15, -0.1) is 0 Å². The number of thioether (sulfide) groups is 1. The molecule has 2 fully saturated rings. The molecule has 0 bridgehead atoms. The Labute approximate surface area is 227 Å². The number of H-pyrrole nitrogens is 1. The predicted molar refractivity (Wildman–Crippen MR) is 157 cm³/mol. The molecule has 0 atom stereocenters. The van der Waals surface area contributed by atoms with Crippen molar-refractivity contribution >= 4 is 51.2 Å². The van der Waals surface area contributed by atoms with E-state index >= 15 is 0 Å². The van der Waals surface area contributed by atoms with Crippen LogP contribution in [0.25, 0.3) is 17.0 Å². The largest absolute Gasteiger partial charge is 0.496 e. The number of aromatic amines is 1. The van der Waals surface area contributed by atoms with Crippen molar-refractivity contribution in [2.75, 3.05) is 31.6 Å². The van der Waals surface area contributed by atoms with Crippen molar-refractivity contribution in [3.05, 3.63) is 95.0 Å². The summed E-state index contributed by atoms with van der Waals surface area (Å²) in [7, 11) is 1.69. The molecule has 0 aliphatic carbocycles. The normalized spacial score (nSPS) is 17.9. The Bertz CT molecular complexity index is 1520. The van der Waals surface area contributed by atoms with Crippen LogP contribution in [0.1, 0.15) is 24.0 Å². The third kappa shape index (κ3) is 4.94. The van der Waals surface area contributed by atoms with Gasteiger partial charge in [-0.05, 0) is 73.0 Å². The van der Waals surface area contributed by atoms with Gasteiger partial charge in [0.1, 0.15) is 5.75 Å². The fraction of sp³-hybridized carbons (Fsp3) is 0.226. The maximum absolute atomic E-state index is 13.7. The number of fused-ring (bicyclic) bond motifs is 1. The minimum Gasteiger partial charge on any atom is -0.496 e. The molecule has 2 aliphatic heterocycles. The minimum atomic E-state index is -0.0322. The number of amidine groups is 1. The molecule has 3 aromatic carbocycles. The molecule has 2 aliphatic rings. The van der Waals surface area contributed by atoms with Crippen LogP contribution in [0.2, 0.25) is 0 Å². The van der Waals surface area contributed by atoms with Crippen LogP contribution in [0.5, 0.6) is 5.75 Å². The Hall–Kier alpha value is -3.97. The SMILES string of the molecule is COc1cc(N2CCCC2)ccc1/C=C1\SC(=Nc2ccccc2)N(CCc2c[nH]c3ccccc23)C1=O. The highest BCUT2D eigenvalue weighted by Gasteiger charge is 2.33. The number of aliphatic imine (C=N–C) groups is 1. The van der Waals surface area contributed by atoms with Crippen LogP contribution >= 0.6 is 11.8 Å². The zero-order valence-electron chi connectivity index (χ0n) is 21.4. The predicted octanol–water partition coefficient (Wildman–Crippen LogP) is 6.62. The number of rotatable bonds is 7. The van der Waals surface area contributed by atoms with Gasteiger partial charge in [-0.1, -0.05) is 36.4 Å². The summed E-state index contributed by atoms with van der Waals surface area (Å²) in [5.74, 6) is 0.740. The summed E-state index contributed by atoms with van der Waals surface area (Å²) in [6.45, 7) is 2.69. The van der Waals surface area contributed by atoms with E-state index in [9.17, 15) is 4.79 Å². The lowest BCUT2D eigenvalue weighted by Gasteiger charge is -2.19. The first-order valence-corrected chi connectivity index (χ1v) is 13.8. The van der Waals surface area contributed by atoms with Gasteiger partial charge in [-0.25, -0.2) is 4.99 Å². The van der Waals surface area contributed by atoms with E-state index in [4.69, 9.17) is 9.73 Å². The number of ether oxygens (including phenoxy) is 1. The zero-order valence-corrected chi connectivity index (χ0v) is 22.2. The van der Waals surface area contributed by atoms with Crippen LogP contribution in [0.15, 0.2) is 88.9 Å². The Morgan fingerprint density at radius 1 is 1.03 bits per heavy atom. The highest BCUT2D eigenvalue weighted by atomic mass is 32.2. The molecule has 0 spiro atoms. The molecular weight excluding hydrogens is 492 g/mol. The lowest BCUT2D eigenvalue weighted by Crippen LogP contribution is -2.31. The monoisotopic (exact) mass is 522 g/mol. The van der Waals surface area contributed by atoms with Crippen molar-refractivity contribution in [3.8, 4) is 5.75 Å². The van der Waals surface area contributed by atoms with E-state index in [1.807, 2.05) is 54.7 Å². The number of nitrogens with one attached hydrogen (secondary N) is 1. The summed E-state index contributed by atoms with van der Waals surface area (Å²) in [5.41, 5.74) is 5.18. The van der Waals surface area contributed by atoms with Crippen LogP contribution in [0.4, 0.5) is 11.4 Å². The summed E-state index contributed by atoms with van der Waals surface area (Å²) in [6.07, 6.45) is 7.14. The van der Waals surface area contributed by atoms with Gasteiger partial charge in [0.25, 0.3) is 5.91 Å². The fourth-order valence-corrected chi connectivity index (χ4v) is 6.12. The van der Waals surface area contributed by atoms with Gasteiger partial charge in [0, 0.05) is 54.1 Å². The van der Waals surface area contributed by atoms with E-state index in [1.165, 1.54) is 41.2 Å². The van der Waals surface area contributed by atoms with Crippen LogP contribution in [-0.4, -0.2) is 47.7 Å². The van der Waals surface area contributed by atoms with Crippen molar-refractivity contribution in [3.63, 3.8) is 0 Å². The average Bonchev–Trinajstić information content (AvgIpc) is 3.69. The molecule has 0 radical (unpaired) electrons. The molecule has 1 N–H and O–H groups in total. The lowest BCUT2D eigenvalue weighted by molar-refractivity contribution is -0.122. The first-order chi connectivity index (χ1) is 18.7. The number of carbonyl (C=O) groups excluding carboxylic acids is 1. The number of aromatic nitrogens is 1. The maximum atomic E-state index is 13.7. The van der Waals surface area contributed by atoms with Crippen LogP contribution in [-0.2, 0) is 11.2 Å². The number of para-hydroxylation sites is 2. The van der Waals surface area contributed by atoms with Gasteiger partial charge in [-0.3, -0.25) is 9.69 Å². The summed E-state index contributed by atoms with van der Waals surface area (Å²) in [4.78, 5) is 26.7. The van der Waals surface area contributed by atoms with Gasteiger partial charge in [-0.2, -0.15) is 0 Å². The number of anilines is 1.